The van der Waals surface area contributed by atoms with E-state index in [0.29, 0.717) is 5.69 Å². The monoisotopic (exact) mass is 290 g/mol. The lowest BCUT2D eigenvalue weighted by molar-refractivity contribution is 0.0698. The van der Waals surface area contributed by atoms with E-state index in [2.05, 4.69) is 10.6 Å². The van der Waals surface area contributed by atoms with Gasteiger partial charge in [-0.25, -0.2) is 9.59 Å². The molecule has 5 nitrogen and oxygen atoms in total. The van der Waals surface area contributed by atoms with Crippen molar-refractivity contribution in [3.63, 3.8) is 0 Å². The van der Waals surface area contributed by atoms with Gasteiger partial charge in [-0.05, 0) is 50.8 Å². The van der Waals surface area contributed by atoms with Crippen LogP contribution in [0.25, 0.3) is 0 Å². The first-order chi connectivity index (χ1) is 9.81. The van der Waals surface area contributed by atoms with Crippen molar-refractivity contribution in [1.29, 1.82) is 0 Å². The Morgan fingerprint density at radius 3 is 2.38 bits per heavy atom. The van der Waals surface area contributed by atoms with E-state index in [0.717, 1.165) is 36.8 Å². The van der Waals surface area contributed by atoms with E-state index in [1.807, 2.05) is 19.9 Å². The molecule has 2 amide bonds. The summed E-state index contributed by atoms with van der Waals surface area (Å²) in [5.74, 6) is -1.04. The van der Waals surface area contributed by atoms with Crippen molar-refractivity contribution < 1.29 is 14.7 Å². The lowest BCUT2D eigenvalue weighted by Gasteiger charge is -2.26. The van der Waals surface area contributed by atoms with Gasteiger partial charge in [0.05, 0.1) is 11.3 Å². The van der Waals surface area contributed by atoms with E-state index in [9.17, 15) is 14.7 Å². The number of benzene rings is 1. The van der Waals surface area contributed by atoms with Crippen molar-refractivity contribution in [2.75, 3.05) is 5.32 Å². The molecule has 1 aromatic carbocycles. The number of urea groups is 1. The third kappa shape index (κ3) is 3.54. The van der Waals surface area contributed by atoms with Crippen molar-refractivity contribution in [3.8, 4) is 0 Å². The molecular formula is C16H22N2O3. The number of carbonyl (C=O) groups is 2. The Balaban J connectivity index is 2.19. The molecule has 0 spiro atoms. The molecule has 21 heavy (non-hydrogen) atoms. The van der Waals surface area contributed by atoms with Gasteiger partial charge in [0.1, 0.15) is 0 Å². The van der Waals surface area contributed by atoms with Crippen molar-refractivity contribution in [2.24, 2.45) is 0 Å². The maximum Gasteiger partial charge on any atom is 0.337 e. The first-order valence-electron chi connectivity index (χ1n) is 7.24. The Kier molecular flexibility index (Phi) is 4.21. The summed E-state index contributed by atoms with van der Waals surface area (Å²) in [6.45, 7) is 5.66. The lowest BCUT2D eigenvalue weighted by atomic mass is 10.0. The van der Waals surface area contributed by atoms with Crippen molar-refractivity contribution in [1.82, 2.24) is 5.32 Å². The SMILES string of the molecule is Cc1cc(C)c(NC(=O)NC2(C)CCCC2)c(C(=O)O)c1. The molecule has 114 valence electrons. The van der Waals surface area contributed by atoms with Crippen molar-refractivity contribution >= 4 is 17.7 Å². The molecule has 1 aliphatic rings. The van der Waals surface area contributed by atoms with Crippen LogP contribution >= 0.6 is 0 Å². The first-order valence-corrected chi connectivity index (χ1v) is 7.24. The Bertz CT molecular complexity index is 575. The van der Waals surface area contributed by atoms with E-state index in [-0.39, 0.29) is 17.1 Å². The number of nitrogens with one attached hydrogen (secondary N) is 2. The van der Waals surface area contributed by atoms with E-state index in [1.165, 1.54) is 0 Å². The van der Waals surface area contributed by atoms with Crippen LogP contribution in [0.1, 0.15) is 54.1 Å². The maximum absolute atomic E-state index is 12.2. The maximum atomic E-state index is 12.2. The van der Waals surface area contributed by atoms with Crippen LogP contribution in [0.15, 0.2) is 12.1 Å². The molecule has 1 aromatic rings. The van der Waals surface area contributed by atoms with Crippen LogP contribution in [0.5, 0.6) is 0 Å². The summed E-state index contributed by atoms with van der Waals surface area (Å²) in [5, 5.41) is 15.0. The fraction of sp³-hybridized carbons (Fsp3) is 0.500. The molecule has 0 saturated heterocycles. The predicted octanol–water partition coefficient (Wildman–Crippen LogP) is 3.46. The zero-order chi connectivity index (χ0) is 15.6. The van der Waals surface area contributed by atoms with E-state index in [4.69, 9.17) is 0 Å². The third-order valence-corrected chi connectivity index (χ3v) is 4.07. The zero-order valence-electron chi connectivity index (χ0n) is 12.7. The summed E-state index contributed by atoms with van der Waals surface area (Å²) < 4.78 is 0. The number of carboxylic acids is 1. The molecule has 0 heterocycles. The molecule has 5 heteroatoms. The Labute approximate surface area is 124 Å². The number of rotatable bonds is 3. The molecule has 0 bridgehead atoms. The van der Waals surface area contributed by atoms with Gasteiger partial charge >= 0.3 is 12.0 Å². The molecular weight excluding hydrogens is 268 g/mol. The molecule has 1 saturated carbocycles. The molecule has 1 aliphatic carbocycles. The highest BCUT2D eigenvalue weighted by Gasteiger charge is 2.30. The number of aromatic carboxylic acids is 1. The van der Waals surface area contributed by atoms with Crippen LogP contribution < -0.4 is 10.6 Å². The second-order valence-electron chi connectivity index (χ2n) is 6.16. The van der Waals surface area contributed by atoms with Crippen LogP contribution in [0.3, 0.4) is 0 Å². The fourth-order valence-electron chi connectivity index (χ4n) is 3.00. The van der Waals surface area contributed by atoms with E-state index >= 15 is 0 Å². The van der Waals surface area contributed by atoms with Crippen LogP contribution in [-0.4, -0.2) is 22.6 Å². The molecule has 0 aromatic heterocycles. The van der Waals surface area contributed by atoms with Crippen molar-refractivity contribution in [3.05, 3.63) is 28.8 Å². The van der Waals surface area contributed by atoms with Gasteiger partial charge in [0.2, 0.25) is 0 Å². The first kappa shape index (κ1) is 15.4. The number of anilines is 1. The van der Waals surface area contributed by atoms with Crippen molar-refractivity contribution in [2.45, 2.75) is 52.0 Å². The summed E-state index contributed by atoms with van der Waals surface area (Å²) in [5.41, 5.74) is 1.91. The molecule has 0 unspecified atom stereocenters. The van der Waals surface area contributed by atoms with Gasteiger partial charge in [-0.1, -0.05) is 18.9 Å². The summed E-state index contributed by atoms with van der Waals surface area (Å²) in [6, 6.07) is 3.09. The smallest absolute Gasteiger partial charge is 0.337 e. The Morgan fingerprint density at radius 1 is 1.19 bits per heavy atom. The third-order valence-electron chi connectivity index (χ3n) is 4.07. The average Bonchev–Trinajstić information content (AvgIpc) is 2.78. The molecule has 0 atom stereocenters. The van der Waals surface area contributed by atoms with E-state index < -0.39 is 5.97 Å². The quantitative estimate of drug-likeness (QED) is 0.797. The minimum atomic E-state index is -1.04. The van der Waals surface area contributed by atoms with Gasteiger partial charge < -0.3 is 15.7 Å². The highest BCUT2D eigenvalue weighted by Crippen LogP contribution is 2.29. The van der Waals surface area contributed by atoms with E-state index in [1.54, 1.807) is 13.0 Å². The summed E-state index contributed by atoms with van der Waals surface area (Å²) in [4.78, 5) is 23.5. The number of hydrogen-bond donors (Lipinski definition) is 3. The zero-order valence-corrected chi connectivity index (χ0v) is 12.7. The summed E-state index contributed by atoms with van der Waals surface area (Å²) in [6.07, 6.45) is 4.14. The Morgan fingerprint density at radius 2 is 1.81 bits per heavy atom. The molecule has 1 fully saturated rings. The minimum Gasteiger partial charge on any atom is -0.478 e. The predicted molar refractivity (Wildman–Crippen MR) is 81.9 cm³/mol. The number of aryl methyl sites for hydroxylation is 2. The van der Waals surface area contributed by atoms with Crippen LogP contribution in [0.2, 0.25) is 0 Å². The second-order valence-corrected chi connectivity index (χ2v) is 6.16. The van der Waals surface area contributed by atoms with Gasteiger partial charge in [-0.2, -0.15) is 0 Å². The minimum absolute atomic E-state index is 0.124. The van der Waals surface area contributed by atoms with Gasteiger partial charge in [0, 0.05) is 5.54 Å². The average molecular weight is 290 g/mol. The van der Waals surface area contributed by atoms with Crippen LogP contribution in [0, 0.1) is 13.8 Å². The highest BCUT2D eigenvalue weighted by atomic mass is 16.4. The molecule has 0 aliphatic heterocycles. The highest BCUT2D eigenvalue weighted by molar-refractivity contribution is 6.01. The van der Waals surface area contributed by atoms with Gasteiger partial charge in [-0.3, -0.25) is 0 Å². The molecule has 0 radical (unpaired) electrons. The molecule has 2 rings (SSSR count). The normalized spacial score (nSPS) is 16.5. The number of carbonyl (C=O) groups excluding carboxylic acids is 1. The largest absolute Gasteiger partial charge is 0.478 e. The fourth-order valence-corrected chi connectivity index (χ4v) is 3.00. The van der Waals surface area contributed by atoms with Gasteiger partial charge in [-0.15, -0.1) is 0 Å². The number of hydrogen-bond acceptors (Lipinski definition) is 2. The second kappa shape index (κ2) is 5.76. The topological polar surface area (TPSA) is 78.4 Å². The number of amides is 2. The summed E-state index contributed by atoms with van der Waals surface area (Å²) >= 11 is 0. The van der Waals surface area contributed by atoms with Crippen LogP contribution in [-0.2, 0) is 0 Å². The molecule has 3 N–H and O–H groups in total. The standard InChI is InChI=1S/C16H22N2O3/c1-10-8-11(2)13(12(9-10)14(19)20)17-15(21)18-16(3)6-4-5-7-16/h8-9H,4-7H2,1-3H3,(H,19,20)(H2,17,18,21). The van der Waals surface area contributed by atoms with Gasteiger partial charge in [0.25, 0.3) is 0 Å². The summed E-state index contributed by atoms with van der Waals surface area (Å²) in [7, 11) is 0. The number of carboxylic acid groups (broad SMARTS) is 1. The van der Waals surface area contributed by atoms with Crippen LogP contribution in [0.4, 0.5) is 10.5 Å². The Hall–Kier alpha value is -2.04. The lowest BCUT2D eigenvalue weighted by Crippen LogP contribution is -2.46. The van der Waals surface area contributed by atoms with Gasteiger partial charge in [0.15, 0.2) is 0 Å².